The predicted molar refractivity (Wildman–Crippen MR) is 100 cm³/mol. The highest BCUT2D eigenvalue weighted by molar-refractivity contribution is 6.05. The molecule has 7 nitrogen and oxygen atoms in total. The van der Waals surface area contributed by atoms with Crippen molar-refractivity contribution in [3.63, 3.8) is 0 Å². The van der Waals surface area contributed by atoms with Gasteiger partial charge in [0.25, 0.3) is 5.91 Å². The first kappa shape index (κ1) is 19.0. The Morgan fingerprint density at radius 1 is 1.29 bits per heavy atom. The molecule has 150 valence electrons. The van der Waals surface area contributed by atoms with Gasteiger partial charge in [0.05, 0.1) is 6.67 Å². The number of carbonyl (C=O) groups is 3. The fraction of sp³-hybridized carbons (Fsp3) is 0.550. The fourth-order valence-electron chi connectivity index (χ4n) is 4.39. The van der Waals surface area contributed by atoms with Crippen molar-refractivity contribution < 1.29 is 18.8 Å². The Labute approximate surface area is 163 Å². The molecule has 28 heavy (non-hydrogen) atoms. The van der Waals surface area contributed by atoms with Gasteiger partial charge in [-0.05, 0) is 36.6 Å². The summed E-state index contributed by atoms with van der Waals surface area (Å²) in [6, 6.07) is 4.96. The molecule has 0 aromatic heterocycles. The van der Waals surface area contributed by atoms with Gasteiger partial charge < -0.3 is 15.5 Å². The number of halogens is 1. The average Bonchev–Trinajstić information content (AvgIpc) is 3.28. The number of nitrogens with zero attached hydrogens (tertiary/aromatic N) is 1. The number of piperidine rings is 1. The molecule has 3 N–H and O–H groups in total. The topological polar surface area (TPSA) is 90.5 Å². The van der Waals surface area contributed by atoms with Crippen LogP contribution >= 0.6 is 0 Å². The number of rotatable bonds is 6. The zero-order valence-electron chi connectivity index (χ0n) is 15.7. The van der Waals surface area contributed by atoms with Crippen molar-refractivity contribution in [2.75, 3.05) is 26.3 Å². The van der Waals surface area contributed by atoms with Crippen molar-refractivity contribution in [3.05, 3.63) is 34.9 Å². The summed E-state index contributed by atoms with van der Waals surface area (Å²) in [5, 5.41) is 8.89. The highest BCUT2D eigenvalue weighted by Gasteiger charge is 2.40. The first-order valence-electron chi connectivity index (χ1n) is 9.76. The Kier molecular flexibility index (Phi) is 5.16. The molecule has 0 aliphatic carbocycles. The maximum atomic E-state index is 13.5. The molecule has 0 radical (unpaired) electrons. The number of imide groups is 1. The molecule has 2 atom stereocenters. The molecule has 0 bridgehead atoms. The Hall–Kier alpha value is -2.32. The van der Waals surface area contributed by atoms with Gasteiger partial charge in [0.1, 0.15) is 6.04 Å². The Balaban J connectivity index is 1.45. The van der Waals surface area contributed by atoms with Gasteiger partial charge in [-0.25, -0.2) is 0 Å². The van der Waals surface area contributed by atoms with Gasteiger partial charge in [-0.1, -0.05) is 12.1 Å². The quantitative estimate of drug-likeness (QED) is 0.617. The normalized spacial score (nSPS) is 27.2. The first-order valence-corrected chi connectivity index (χ1v) is 9.76. The van der Waals surface area contributed by atoms with Gasteiger partial charge in [-0.2, -0.15) is 0 Å². The van der Waals surface area contributed by atoms with E-state index in [1.54, 1.807) is 11.0 Å². The van der Waals surface area contributed by atoms with E-state index in [4.69, 9.17) is 0 Å². The molecule has 1 aromatic carbocycles. The minimum Gasteiger partial charge on any atom is -0.322 e. The van der Waals surface area contributed by atoms with Crippen molar-refractivity contribution in [2.45, 2.75) is 38.4 Å². The lowest BCUT2D eigenvalue weighted by atomic mass is 9.88. The van der Waals surface area contributed by atoms with Gasteiger partial charge in [-0.15, -0.1) is 0 Å². The standard InChI is InChI=1S/C20H25FN4O3/c21-10-20(6-7-22-11-20)12-23-8-13-2-1-3-14-15(13)9-25(19(14)28)16-4-5-17(26)24-18(16)27/h1-3,16,22-23H,4-12H2,(H,24,26,27). The second-order valence-corrected chi connectivity index (χ2v) is 8.01. The van der Waals surface area contributed by atoms with E-state index < -0.39 is 11.9 Å². The van der Waals surface area contributed by atoms with Crippen LogP contribution in [0.5, 0.6) is 0 Å². The summed E-state index contributed by atoms with van der Waals surface area (Å²) >= 11 is 0. The highest BCUT2D eigenvalue weighted by atomic mass is 19.1. The van der Waals surface area contributed by atoms with Crippen molar-refractivity contribution in [1.82, 2.24) is 20.9 Å². The number of amides is 3. The number of nitrogens with one attached hydrogen (secondary N) is 3. The van der Waals surface area contributed by atoms with Crippen LogP contribution in [-0.4, -0.2) is 55.0 Å². The summed E-state index contributed by atoms with van der Waals surface area (Å²) in [5.41, 5.74) is 2.14. The predicted octanol–water partition coefficient (Wildman–Crippen LogP) is 0.486. The molecular formula is C20H25FN4O3. The van der Waals surface area contributed by atoms with Crippen LogP contribution in [0.4, 0.5) is 4.39 Å². The fourth-order valence-corrected chi connectivity index (χ4v) is 4.39. The molecule has 3 heterocycles. The largest absolute Gasteiger partial charge is 0.322 e. The summed E-state index contributed by atoms with van der Waals surface area (Å²) in [4.78, 5) is 38.0. The van der Waals surface area contributed by atoms with Gasteiger partial charge >= 0.3 is 0 Å². The first-order chi connectivity index (χ1) is 13.5. The molecule has 4 rings (SSSR count). The Morgan fingerprint density at radius 2 is 2.14 bits per heavy atom. The zero-order valence-corrected chi connectivity index (χ0v) is 15.7. The van der Waals surface area contributed by atoms with Crippen LogP contribution in [0, 0.1) is 5.41 Å². The summed E-state index contributed by atoms with van der Waals surface area (Å²) in [6.45, 7) is 2.62. The number of fused-ring (bicyclic) bond motifs is 1. The second kappa shape index (κ2) is 7.60. The van der Waals surface area contributed by atoms with E-state index in [9.17, 15) is 18.8 Å². The number of alkyl halides is 1. The molecule has 0 saturated carbocycles. The smallest absolute Gasteiger partial charge is 0.255 e. The summed E-state index contributed by atoms with van der Waals surface area (Å²) in [6.07, 6.45) is 1.40. The number of hydrogen-bond acceptors (Lipinski definition) is 5. The van der Waals surface area contributed by atoms with E-state index in [2.05, 4.69) is 16.0 Å². The summed E-state index contributed by atoms with van der Waals surface area (Å²) < 4.78 is 13.5. The van der Waals surface area contributed by atoms with E-state index >= 15 is 0 Å². The van der Waals surface area contributed by atoms with Crippen LogP contribution in [-0.2, 0) is 22.7 Å². The van der Waals surface area contributed by atoms with Crippen molar-refractivity contribution >= 4 is 17.7 Å². The SMILES string of the molecule is O=C1CCC(N2Cc3c(CNCC4(CF)CCNC4)cccc3C2=O)C(=O)N1. The van der Waals surface area contributed by atoms with Crippen LogP contribution in [0.2, 0.25) is 0 Å². The van der Waals surface area contributed by atoms with E-state index in [1.165, 1.54) is 0 Å². The maximum absolute atomic E-state index is 13.5. The van der Waals surface area contributed by atoms with Crippen LogP contribution < -0.4 is 16.0 Å². The monoisotopic (exact) mass is 388 g/mol. The third-order valence-electron chi connectivity index (χ3n) is 6.11. The van der Waals surface area contributed by atoms with Crippen LogP contribution in [0.25, 0.3) is 0 Å². The third kappa shape index (κ3) is 3.42. The van der Waals surface area contributed by atoms with Gasteiger partial charge in [0.15, 0.2) is 0 Å². The average molecular weight is 388 g/mol. The van der Waals surface area contributed by atoms with E-state index in [-0.39, 0.29) is 30.3 Å². The van der Waals surface area contributed by atoms with Crippen LogP contribution in [0.3, 0.4) is 0 Å². The lowest BCUT2D eigenvalue weighted by molar-refractivity contribution is -0.136. The minimum atomic E-state index is -0.613. The van der Waals surface area contributed by atoms with Gasteiger partial charge in [0.2, 0.25) is 11.8 Å². The van der Waals surface area contributed by atoms with Gasteiger partial charge in [-0.3, -0.25) is 24.1 Å². The summed E-state index contributed by atoms with van der Waals surface area (Å²) in [5.74, 6) is -0.874. The van der Waals surface area contributed by atoms with Gasteiger partial charge in [0, 0.05) is 43.6 Å². The minimum absolute atomic E-state index is 0.174. The van der Waals surface area contributed by atoms with E-state index in [1.807, 2.05) is 12.1 Å². The molecule has 2 fully saturated rings. The lowest BCUT2D eigenvalue weighted by Gasteiger charge is -2.29. The molecule has 8 heteroatoms. The summed E-state index contributed by atoms with van der Waals surface area (Å²) in [7, 11) is 0. The van der Waals surface area contributed by atoms with Crippen LogP contribution in [0.15, 0.2) is 18.2 Å². The molecule has 1 aromatic rings. The maximum Gasteiger partial charge on any atom is 0.255 e. The number of carbonyl (C=O) groups excluding carboxylic acids is 3. The molecule has 3 aliphatic rings. The number of benzene rings is 1. The van der Waals surface area contributed by atoms with E-state index in [0.717, 1.165) is 24.1 Å². The lowest BCUT2D eigenvalue weighted by Crippen LogP contribution is -2.52. The molecule has 3 aliphatic heterocycles. The van der Waals surface area contributed by atoms with Crippen molar-refractivity contribution in [2.24, 2.45) is 5.41 Å². The molecule has 3 amide bonds. The molecular weight excluding hydrogens is 363 g/mol. The van der Waals surface area contributed by atoms with E-state index in [0.29, 0.717) is 38.2 Å². The highest BCUT2D eigenvalue weighted by Crippen LogP contribution is 2.30. The number of hydrogen-bond donors (Lipinski definition) is 3. The molecule has 2 saturated heterocycles. The molecule has 0 spiro atoms. The third-order valence-corrected chi connectivity index (χ3v) is 6.11. The Morgan fingerprint density at radius 3 is 2.86 bits per heavy atom. The van der Waals surface area contributed by atoms with Crippen molar-refractivity contribution in [1.29, 1.82) is 0 Å². The van der Waals surface area contributed by atoms with Crippen molar-refractivity contribution in [3.8, 4) is 0 Å². The second-order valence-electron chi connectivity index (χ2n) is 8.01. The van der Waals surface area contributed by atoms with Crippen LogP contribution in [0.1, 0.15) is 40.7 Å². The molecule has 2 unspecified atom stereocenters. The Bertz CT molecular complexity index is 807. The zero-order chi connectivity index (χ0) is 19.7.